The molecule has 0 saturated carbocycles. The number of carbonyl (C=O) groups excluding carboxylic acids is 1. The smallest absolute Gasteiger partial charge is 0.328 e. The highest BCUT2D eigenvalue weighted by atomic mass is 32.2. The molecular weight excluding hydrogens is 358 g/mol. The van der Waals surface area contributed by atoms with Crippen molar-refractivity contribution in [2.75, 3.05) is 18.6 Å². The largest absolute Gasteiger partial charge is 0.342 e. The zero-order valence-corrected chi connectivity index (χ0v) is 15.3. The molecule has 0 bridgehead atoms. The third-order valence-electron chi connectivity index (χ3n) is 4.81. The standard InChI is InChI=1S/C17H21N3O5S/c1-19(12-8-10-26(24,25)11-12)15(21)7-4-9-20-16(22)13-5-2-3-6-14(13)18-17(20)23/h2-3,5-6,12H,4,7-11H2,1H3,(H,18,23)/t12-/m1/s1. The topological polar surface area (TPSA) is 109 Å². The number of sulfone groups is 1. The Kier molecular flexibility index (Phi) is 4.99. The van der Waals surface area contributed by atoms with Gasteiger partial charge in [0.15, 0.2) is 9.84 Å². The number of aromatic amines is 1. The summed E-state index contributed by atoms with van der Waals surface area (Å²) in [7, 11) is -1.45. The Morgan fingerprint density at radius 2 is 2.04 bits per heavy atom. The van der Waals surface area contributed by atoms with Gasteiger partial charge in [-0.25, -0.2) is 13.2 Å². The molecule has 8 nitrogen and oxygen atoms in total. The fourth-order valence-corrected chi connectivity index (χ4v) is 5.03. The van der Waals surface area contributed by atoms with Crippen LogP contribution in [0.5, 0.6) is 0 Å². The van der Waals surface area contributed by atoms with Gasteiger partial charge >= 0.3 is 5.69 Å². The molecular formula is C17H21N3O5S. The van der Waals surface area contributed by atoms with Crippen LogP contribution in [0.3, 0.4) is 0 Å². The summed E-state index contributed by atoms with van der Waals surface area (Å²) >= 11 is 0. The summed E-state index contributed by atoms with van der Waals surface area (Å²) in [6, 6.07) is 6.47. The molecule has 1 saturated heterocycles. The number of fused-ring (bicyclic) bond motifs is 1. The van der Waals surface area contributed by atoms with Crippen molar-refractivity contribution in [2.45, 2.75) is 31.8 Å². The highest BCUT2D eigenvalue weighted by Crippen LogP contribution is 2.17. The van der Waals surface area contributed by atoms with Crippen LogP contribution in [-0.2, 0) is 21.2 Å². The zero-order valence-electron chi connectivity index (χ0n) is 14.5. The maximum atomic E-state index is 12.4. The van der Waals surface area contributed by atoms with Gasteiger partial charge in [-0.15, -0.1) is 0 Å². The van der Waals surface area contributed by atoms with Gasteiger partial charge in [-0.2, -0.15) is 0 Å². The summed E-state index contributed by atoms with van der Waals surface area (Å²) in [6.07, 6.45) is 0.921. The molecule has 1 aliphatic heterocycles. The average Bonchev–Trinajstić information content (AvgIpc) is 2.96. The normalized spacial score (nSPS) is 18.9. The van der Waals surface area contributed by atoms with Crippen LogP contribution >= 0.6 is 0 Å². The van der Waals surface area contributed by atoms with Crippen LogP contribution in [-0.4, -0.2) is 53.4 Å². The molecule has 1 fully saturated rings. The lowest BCUT2D eigenvalue weighted by Crippen LogP contribution is -2.38. The quantitative estimate of drug-likeness (QED) is 0.793. The van der Waals surface area contributed by atoms with Crippen molar-refractivity contribution in [3.63, 3.8) is 0 Å². The van der Waals surface area contributed by atoms with Gasteiger partial charge in [-0.3, -0.25) is 14.2 Å². The fourth-order valence-electron chi connectivity index (χ4n) is 3.25. The van der Waals surface area contributed by atoms with Crippen LogP contribution in [0.4, 0.5) is 0 Å². The van der Waals surface area contributed by atoms with Gasteiger partial charge in [0, 0.05) is 26.1 Å². The van der Waals surface area contributed by atoms with Gasteiger partial charge in [-0.05, 0) is 25.0 Å². The highest BCUT2D eigenvalue weighted by molar-refractivity contribution is 7.91. The van der Waals surface area contributed by atoms with E-state index in [0.29, 0.717) is 23.7 Å². The number of aromatic nitrogens is 2. The van der Waals surface area contributed by atoms with Crippen LogP contribution in [0.2, 0.25) is 0 Å². The lowest BCUT2D eigenvalue weighted by atomic mass is 10.2. The number of H-pyrrole nitrogens is 1. The number of benzene rings is 1. The molecule has 1 aliphatic rings. The monoisotopic (exact) mass is 379 g/mol. The SMILES string of the molecule is CN(C(=O)CCCn1c(=O)[nH]c2ccccc2c1=O)[C@@H]1CCS(=O)(=O)C1. The summed E-state index contributed by atoms with van der Waals surface area (Å²) in [5.74, 6) is -0.0757. The van der Waals surface area contributed by atoms with E-state index in [-0.39, 0.29) is 42.0 Å². The maximum Gasteiger partial charge on any atom is 0.328 e. The Hall–Kier alpha value is -2.42. The molecule has 1 aromatic carbocycles. The first-order valence-electron chi connectivity index (χ1n) is 8.46. The zero-order chi connectivity index (χ0) is 18.9. The molecule has 1 amide bonds. The molecule has 9 heteroatoms. The number of carbonyl (C=O) groups is 1. The Morgan fingerprint density at radius 1 is 1.31 bits per heavy atom. The number of rotatable bonds is 5. The Labute approximate surface area is 150 Å². The molecule has 0 radical (unpaired) electrons. The Morgan fingerprint density at radius 3 is 2.73 bits per heavy atom. The second kappa shape index (κ2) is 7.06. The summed E-state index contributed by atoms with van der Waals surface area (Å²) in [6.45, 7) is 0.127. The molecule has 0 unspecified atom stereocenters. The van der Waals surface area contributed by atoms with Gasteiger partial charge in [0.2, 0.25) is 5.91 Å². The van der Waals surface area contributed by atoms with Gasteiger partial charge in [-0.1, -0.05) is 12.1 Å². The number of hydrogen-bond acceptors (Lipinski definition) is 5. The summed E-state index contributed by atoms with van der Waals surface area (Å²) in [4.78, 5) is 40.9. The summed E-state index contributed by atoms with van der Waals surface area (Å²) in [5, 5.41) is 0.423. The molecule has 1 atom stereocenters. The van der Waals surface area contributed by atoms with Crippen molar-refractivity contribution in [1.82, 2.24) is 14.5 Å². The van der Waals surface area contributed by atoms with Crippen molar-refractivity contribution in [2.24, 2.45) is 0 Å². The van der Waals surface area contributed by atoms with Gasteiger partial charge in [0.25, 0.3) is 5.56 Å². The van der Waals surface area contributed by atoms with Crippen LogP contribution in [0.25, 0.3) is 10.9 Å². The van der Waals surface area contributed by atoms with E-state index in [4.69, 9.17) is 0 Å². The van der Waals surface area contributed by atoms with Crippen LogP contribution < -0.4 is 11.2 Å². The highest BCUT2D eigenvalue weighted by Gasteiger charge is 2.32. The molecule has 0 spiro atoms. The Bertz CT molecular complexity index is 1050. The molecule has 140 valence electrons. The maximum absolute atomic E-state index is 12.4. The molecule has 26 heavy (non-hydrogen) atoms. The van der Waals surface area contributed by atoms with Crippen molar-refractivity contribution in [3.05, 3.63) is 45.1 Å². The van der Waals surface area contributed by atoms with Crippen molar-refractivity contribution in [3.8, 4) is 0 Å². The van der Waals surface area contributed by atoms with Crippen molar-refractivity contribution in [1.29, 1.82) is 0 Å². The minimum Gasteiger partial charge on any atom is -0.342 e. The number of hydrogen-bond donors (Lipinski definition) is 1. The molecule has 2 aromatic rings. The van der Waals surface area contributed by atoms with Crippen LogP contribution in [0, 0.1) is 0 Å². The molecule has 2 heterocycles. The van der Waals surface area contributed by atoms with Gasteiger partial charge in [0.1, 0.15) is 0 Å². The van der Waals surface area contributed by atoms with E-state index in [9.17, 15) is 22.8 Å². The van der Waals surface area contributed by atoms with Crippen molar-refractivity contribution >= 4 is 26.6 Å². The third kappa shape index (κ3) is 3.72. The van der Waals surface area contributed by atoms with E-state index in [1.165, 1.54) is 4.90 Å². The molecule has 1 N–H and O–H groups in total. The summed E-state index contributed by atoms with van der Waals surface area (Å²) < 4.78 is 24.2. The second-order valence-electron chi connectivity index (χ2n) is 6.60. The fraction of sp³-hybridized carbons (Fsp3) is 0.471. The summed E-state index contributed by atoms with van der Waals surface area (Å²) in [5.41, 5.74) is -0.402. The first-order valence-corrected chi connectivity index (χ1v) is 10.3. The van der Waals surface area contributed by atoms with Crippen LogP contribution in [0.15, 0.2) is 33.9 Å². The van der Waals surface area contributed by atoms with Crippen molar-refractivity contribution < 1.29 is 13.2 Å². The lowest BCUT2D eigenvalue weighted by Gasteiger charge is -2.23. The number of nitrogens with one attached hydrogen (secondary N) is 1. The predicted molar refractivity (Wildman–Crippen MR) is 97.9 cm³/mol. The number of amides is 1. The van der Waals surface area contributed by atoms with E-state index >= 15 is 0 Å². The predicted octanol–water partition coefficient (Wildman–Crippen LogP) is 0.116. The minimum atomic E-state index is -3.05. The van der Waals surface area contributed by atoms with E-state index < -0.39 is 15.5 Å². The second-order valence-corrected chi connectivity index (χ2v) is 8.83. The van der Waals surface area contributed by atoms with Crippen LogP contribution in [0.1, 0.15) is 19.3 Å². The molecule has 0 aliphatic carbocycles. The van der Waals surface area contributed by atoms with E-state index in [0.717, 1.165) is 4.57 Å². The lowest BCUT2D eigenvalue weighted by molar-refractivity contribution is -0.131. The average molecular weight is 379 g/mol. The number of nitrogens with zero attached hydrogens (tertiary/aromatic N) is 2. The first-order chi connectivity index (χ1) is 12.3. The number of para-hydroxylation sites is 1. The van der Waals surface area contributed by atoms with E-state index in [2.05, 4.69) is 4.98 Å². The first kappa shape index (κ1) is 18.4. The third-order valence-corrected chi connectivity index (χ3v) is 6.56. The van der Waals surface area contributed by atoms with E-state index in [1.807, 2.05) is 0 Å². The van der Waals surface area contributed by atoms with Gasteiger partial charge in [0.05, 0.1) is 22.4 Å². The van der Waals surface area contributed by atoms with Gasteiger partial charge < -0.3 is 9.88 Å². The molecule has 3 rings (SSSR count). The molecule has 1 aromatic heterocycles. The Balaban J connectivity index is 1.65. The minimum absolute atomic E-state index is 0.000952. The van der Waals surface area contributed by atoms with E-state index in [1.54, 1.807) is 31.3 Å².